The van der Waals surface area contributed by atoms with Gasteiger partial charge in [0.25, 0.3) is 0 Å². The van der Waals surface area contributed by atoms with Crippen LogP contribution in [0.5, 0.6) is 0 Å². The summed E-state index contributed by atoms with van der Waals surface area (Å²) in [6.45, 7) is 4.16. The molecular weight excluding hydrogens is 140 g/mol. The van der Waals surface area contributed by atoms with E-state index in [4.69, 9.17) is 11.5 Å². The fourth-order valence-electron chi connectivity index (χ4n) is 1.29. The second kappa shape index (κ2) is 5.13. The summed E-state index contributed by atoms with van der Waals surface area (Å²) in [7, 11) is 0. The predicted molar refractivity (Wildman–Crippen MR) is 45.9 cm³/mol. The monoisotopic (exact) mass is 158 g/mol. The molecule has 0 saturated carbocycles. The summed E-state index contributed by atoms with van der Waals surface area (Å²) in [6.07, 6.45) is 2.35. The van der Waals surface area contributed by atoms with Gasteiger partial charge in [-0.1, -0.05) is 26.7 Å². The SMILES string of the molecule is CCC(CC)C(N)CC(N)=O. The Morgan fingerprint density at radius 2 is 1.82 bits per heavy atom. The van der Waals surface area contributed by atoms with Gasteiger partial charge >= 0.3 is 0 Å². The smallest absolute Gasteiger partial charge is 0.218 e. The highest BCUT2D eigenvalue weighted by Crippen LogP contribution is 2.13. The summed E-state index contributed by atoms with van der Waals surface area (Å²) in [6, 6.07) is -0.0532. The molecule has 1 amide bonds. The lowest BCUT2D eigenvalue weighted by Gasteiger charge is -2.19. The standard InChI is InChI=1S/C8H18N2O/c1-3-6(4-2)7(9)5-8(10)11/h6-7H,3-5,9H2,1-2H3,(H2,10,11). The van der Waals surface area contributed by atoms with Crippen molar-refractivity contribution in [2.24, 2.45) is 17.4 Å². The lowest BCUT2D eigenvalue weighted by molar-refractivity contribution is -0.118. The normalized spacial score (nSPS) is 13.5. The Balaban J connectivity index is 3.78. The number of hydrogen-bond donors (Lipinski definition) is 2. The van der Waals surface area contributed by atoms with Gasteiger partial charge in [0.05, 0.1) is 0 Å². The Morgan fingerprint density at radius 3 is 2.09 bits per heavy atom. The van der Waals surface area contributed by atoms with Crippen LogP contribution < -0.4 is 11.5 Å². The van der Waals surface area contributed by atoms with E-state index in [0.29, 0.717) is 12.3 Å². The number of rotatable bonds is 5. The Bertz CT molecular complexity index is 121. The molecule has 0 aromatic heterocycles. The van der Waals surface area contributed by atoms with Crippen LogP contribution in [0.25, 0.3) is 0 Å². The molecular formula is C8H18N2O. The van der Waals surface area contributed by atoms with Crippen LogP contribution in [-0.2, 0) is 4.79 Å². The second-order valence-corrected chi connectivity index (χ2v) is 2.91. The predicted octanol–water partition coefficient (Wildman–Crippen LogP) is 0.625. The van der Waals surface area contributed by atoms with Crippen LogP contribution in [-0.4, -0.2) is 11.9 Å². The number of nitrogens with two attached hydrogens (primary N) is 2. The summed E-state index contributed by atoms with van der Waals surface area (Å²) in [5.74, 6) is 0.131. The average Bonchev–Trinajstić information content (AvgIpc) is 1.88. The van der Waals surface area contributed by atoms with Crippen molar-refractivity contribution in [2.45, 2.75) is 39.2 Å². The molecule has 0 aliphatic heterocycles. The molecule has 0 heterocycles. The Kier molecular flexibility index (Phi) is 4.86. The molecule has 66 valence electrons. The summed E-state index contributed by atoms with van der Waals surface area (Å²) in [5, 5.41) is 0. The minimum atomic E-state index is -0.301. The zero-order valence-electron chi connectivity index (χ0n) is 7.34. The van der Waals surface area contributed by atoms with Gasteiger partial charge in [-0.25, -0.2) is 0 Å². The van der Waals surface area contributed by atoms with E-state index in [9.17, 15) is 4.79 Å². The van der Waals surface area contributed by atoms with Gasteiger partial charge in [0.15, 0.2) is 0 Å². The first-order valence-electron chi connectivity index (χ1n) is 4.15. The van der Waals surface area contributed by atoms with Gasteiger partial charge in [0.1, 0.15) is 0 Å². The van der Waals surface area contributed by atoms with Crippen LogP contribution in [0, 0.1) is 5.92 Å². The first kappa shape index (κ1) is 10.4. The van der Waals surface area contributed by atoms with E-state index < -0.39 is 0 Å². The first-order valence-corrected chi connectivity index (χ1v) is 4.15. The van der Waals surface area contributed by atoms with Crippen molar-refractivity contribution in [3.63, 3.8) is 0 Å². The lowest BCUT2D eigenvalue weighted by atomic mass is 9.92. The highest BCUT2D eigenvalue weighted by atomic mass is 16.1. The molecule has 0 aromatic rings. The van der Waals surface area contributed by atoms with E-state index >= 15 is 0 Å². The molecule has 0 bridgehead atoms. The number of hydrogen-bond acceptors (Lipinski definition) is 2. The average molecular weight is 158 g/mol. The van der Waals surface area contributed by atoms with Gasteiger partial charge in [-0.2, -0.15) is 0 Å². The maximum absolute atomic E-state index is 10.5. The molecule has 0 spiro atoms. The van der Waals surface area contributed by atoms with Crippen LogP contribution in [0.3, 0.4) is 0 Å². The molecule has 0 aliphatic rings. The fourth-order valence-corrected chi connectivity index (χ4v) is 1.29. The summed E-state index contributed by atoms with van der Waals surface area (Å²) < 4.78 is 0. The van der Waals surface area contributed by atoms with E-state index in [1.165, 1.54) is 0 Å². The van der Waals surface area contributed by atoms with Crippen molar-refractivity contribution in [2.75, 3.05) is 0 Å². The molecule has 0 aromatic carbocycles. The largest absolute Gasteiger partial charge is 0.370 e. The second-order valence-electron chi connectivity index (χ2n) is 2.91. The Labute approximate surface area is 68.1 Å². The first-order chi connectivity index (χ1) is 5.11. The van der Waals surface area contributed by atoms with Gasteiger partial charge in [-0.05, 0) is 5.92 Å². The van der Waals surface area contributed by atoms with Crippen molar-refractivity contribution in [1.82, 2.24) is 0 Å². The van der Waals surface area contributed by atoms with Crippen molar-refractivity contribution < 1.29 is 4.79 Å². The minimum Gasteiger partial charge on any atom is -0.370 e. The summed E-state index contributed by atoms with van der Waals surface area (Å²) >= 11 is 0. The summed E-state index contributed by atoms with van der Waals surface area (Å²) in [4.78, 5) is 10.5. The Morgan fingerprint density at radius 1 is 1.36 bits per heavy atom. The maximum Gasteiger partial charge on any atom is 0.218 e. The number of carbonyl (C=O) groups is 1. The minimum absolute atomic E-state index is 0.0532. The van der Waals surface area contributed by atoms with E-state index in [-0.39, 0.29) is 11.9 Å². The highest BCUT2D eigenvalue weighted by molar-refractivity contribution is 5.74. The highest BCUT2D eigenvalue weighted by Gasteiger charge is 2.15. The third-order valence-corrected chi connectivity index (χ3v) is 2.09. The molecule has 3 nitrogen and oxygen atoms in total. The molecule has 11 heavy (non-hydrogen) atoms. The van der Waals surface area contributed by atoms with Crippen LogP contribution in [0.2, 0.25) is 0 Å². The third-order valence-electron chi connectivity index (χ3n) is 2.09. The Hall–Kier alpha value is -0.570. The van der Waals surface area contributed by atoms with Crippen molar-refractivity contribution >= 4 is 5.91 Å². The quantitative estimate of drug-likeness (QED) is 0.616. The molecule has 1 atom stereocenters. The van der Waals surface area contributed by atoms with Crippen LogP contribution in [0.1, 0.15) is 33.1 Å². The summed E-state index contributed by atoms with van der Waals surface area (Å²) in [5.41, 5.74) is 10.8. The lowest BCUT2D eigenvalue weighted by Crippen LogP contribution is -2.34. The number of amides is 1. The van der Waals surface area contributed by atoms with E-state index in [2.05, 4.69) is 13.8 Å². The van der Waals surface area contributed by atoms with Crippen LogP contribution in [0.4, 0.5) is 0 Å². The molecule has 3 heteroatoms. The van der Waals surface area contributed by atoms with E-state index in [1.807, 2.05) is 0 Å². The molecule has 0 fully saturated rings. The van der Waals surface area contributed by atoms with Crippen molar-refractivity contribution in [3.8, 4) is 0 Å². The molecule has 0 aliphatic carbocycles. The van der Waals surface area contributed by atoms with Gasteiger partial charge < -0.3 is 11.5 Å². The molecule has 4 N–H and O–H groups in total. The fraction of sp³-hybridized carbons (Fsp3) is 0.875. The zero-order chi connectivity index (χ0) is 8.85. The van der Waals surface area contributed by atoms with Crippen LogP contribution in [0.15, 0.2) is 0 Å². The van der Waals surface area contributed by atoms with Gasteiger partial charge in [-0.3, -0.25) is 4.79 Å². The van der Waals surface area contributed by atoms with Gasteiger partial charge in [0.2, 0.25) is 5.91 Å². The molecule has 0 saturated heterocycles. The van der Waals surface area contributed by atoms with Crippen molar-refractivity contribution in [3.05, 3.63) is 0 Å². The van der Waals surface area contributed by atoms with Gasteiger partial charge in [-0.15, -0.1) is 0 Å². The molecule has 1 unspecified atom stereocenters. The maximum atomic E-state index is 10.5. The topological polar surface area (TPSA) is 69.1 Å². The number of carbonyl (C=O) groups excluding carboxylic acids is 1. The zero-order valence-corrected chi connectivity index (χ0v) is 7.34. The van der Waals surface area contributed by atoms with Crippen molar-refractivity contribution in [1.29, 1.82) is 0 Å². The molecule has 0 rings (SSSR count). The molecule has 0 radical (unpaired) electrons. The third kappa shape index (κ3) is 3.98. The van der Waals surface area contributed by atoms with E-state index in [1.54, 1.807) is 0 Å². The van der Waals surface area contributed by atoms with E-state index in [0.717, 1.165) is 12.8 Å². The number of primary amides is 1. The van der Waals surface area contributed by atoms with Gasteiger partial charge in [0, 0.05) is 12.5 Å². The van der Waals surface area contributed by atoms with Crippen LogP contribution >= 0.6 is 0 Å².